The number of nitrogens with two attached hydrogens (primary N) is 1. The van der Waals surface area contributed by atoms with Gasteiger partial charge in [0.05, 0.1) is 12.8 Å². The molecule has 0 amide bonds. The van der Waals surface area contributed by atoms with Gasteiger partial charge in [0.15, 0.2) is 5.75 Å². The quantitative estimate of drug-likeness (QED) is 0.833. The second kappa shape index (κ2) is 5.68. The van der Waals surface area contributed by atoms with E-state index in [-0.39, 0.29) is 5.41 Å². The molecule has 0 saturated heterocycles. The van der Waals surface area contributed by atoms with Crippen LogP contribution in [0.5, 0.6) is 17.2 Å². The van der Waals surface area contributed by atoms with E-state index in [2.05, 4.69) is 20.8 Å². The zero-order valence-electron chi connectivity index (χ0n) is 13.4. The summed E-state index contributed by atoms with van der Waals surface area (Å²) in [5, 5.41) is 0. The number of rotatable bonds is 3. The van der Waals surface area contributed by atoms with Gasteiger partial charge in [0.2, 0.25) is 0 Å². The summed E-state index contributed by atoms with van der Waals surface area (Å²) in [4.78, 5) is 0. The molecule has 0 aliphatic carbocycles. The van der Waals surface area contributed by atoms with E-state index in [9.17, 15) is 0 Å². The SMILES string of the molecule is COc1ccc(Oc2cccc(C)c2N)c(C(C)(C)C)c1. The molecule has 0 spiro atoms. The Hall–Kier alpha value is -2.16. The van der Waals surface area contributed by atoms with E-state index in [0.717, 1.165) is 22.6 Å². The number of aryl methyl sites for hydroxylation is 1. The normalized spacial score (nSPS) is 11.3. The summed E-state index contributed by atoms with van der Waals surface area (Å²) in [6, 6.07) is 11.7. The highest BCUT2D eigenvalue weighted by Gasteiger charge is 2.21. The molecule has 0 atom stereocenters. The maximum Gasteiger partial charge on any atom is 0.150 e. The number of benzene rings is 2. The average Bonchev–Trinajstić information content (AvgIpc) is 2.43. The second-order valence-corrected chi connectivity index (χ2v) is 6.20. The fraction of sp³-hybridized carbons (Fsp3) is 0.333. The molecule has 2 aromatic carbocycles. The van der Waals surface area contributed by atoms with E-state index in [4.69, 9.17) is 15.2 Å². The molecule has 0 heterocycles. The lowest BCUT2D eigenvalue weighted by Crippen LogP contribution is -2.13. The Bertz CT molecular complexity index is 642. The first-order valence-corrected chi connectivity index (χ1v) is 7.04. The van der Waals surface area contributed by atoms with Crippen LogP contribution in [0.2, 0.25) is 0 Å². The van der Waals surface area contributed by atoms with Crippen molar-refractivity contribution in [3.8, 4) is 17.2 Å². The van der Waals surface area contributed by atoms with Crippen molar-refractivity contribution in [2.24, 2.45) is 0 Å². The van der Waals surface area contributed by atoms with Gasteiger partial charge in [0.25, 0.3) is 0 Å². The molecule has 0 aliphatic heterocycles. The fourth-order valence-electron chi connectivity index (χ4n) is 2.17. The highest BCUT2D eigenvalue weighted by atomic mass is 16.5. The molecule has 3 nitrogen and oxygen atoms in total. The van der Waals surface area contributed by atoms with Crippen LogP contribution in [0.25, 0.3) is 0 Å². The maximum atomic E-state index is 6.10. The van der Waals surface area contributed by atoms with Gasteiger partial charge < -0.3 is 15.2 Å². The number of para-hydroxylation sites is 1. The zero-order chi connectivity index (χ0) is 15.6. The van der Waals surface area contributed by atoms with E-state index in [1.807, 2.05) is 43.3 Å². The van der Waals surface area contributed by atoms with Crippen molar-refractivity contribution >= 4 is 5.69 Å². The minimum atomic E-state index is -0.0531. The van der Waals surface area contributed by atoms with Crippen LogP contribution < -0.4 is 15.2 Å². The van der Waals surface area contributed by atoms with Gasteiger partial charge in [-0.1, -0.05) is 32.9 Å². The van der Waals surface area contributed by atoms with Crippen molar-refractivity contribution in [2.45, 2.75) is 33.1 Å². The molecule has 0 radical (unpaired) electrons. The fourth-order valence-corrected chi connectivity index (χ4v) is 2.17. The molecule has 0 fully saturated rings. The van der Waals surface area contributed by atoms with Crippen LogP contribution in [0, 0.1) is 6.92 Å². The number of hydrogen-bond acceptors (Lipinski definition) is 3. The Labute approximate surface area is 126 Å². The van der Waals surface area contributed by atoms with Crippen molar-refractivity contribution in [1.82, 2.24) is 0 Å². The first kappa shape index (κ1) is 15.2. The molecule has 2 rings (SSSR count). The molecule has 0 bridgehead atoms. The summed E-state index contributed by atoms with van der Waals surface area (Å²) >= 11 is 0. The molecular weight excluding hydrogens is 262 g/mol. The van der Waals surface area contributed by atoms with E-state index >= 15 is 0 Å². The highest BCUT2D eigenvalue weighted by molar-refractivity contribution is 5.59. The third-order valence-electron chi connectivity index (χ3n) is 3.50. The van der Waals surface area contributed by atoms with E-state index < -0.39 is 0 Å². The van der Waals surface area contributed by atoms with Crippen LogP contribution in [0.3, 0.4) is 0 Å². The molecule has 0 aliphatic rings. The van der Waals surface area contributed by atoms with Gasteiger partial charge in [-0.05, 0) is 42.2 Å². The van der Waals surface area contributed by atoms with Gasteiger partial charge in [-0.3, -0.25) is 0 Å². The highest BCUT2D eigenvalue weighted by Crippen LogP contribution is 2.38. The summed E-state index contributed by atoms with van der Waals surface area (Å²) < 4.78 is 11.4. The Balaban J connectivity index is 2.46. The van der Waals surface area contributed by atoms with Crippen LogP contribution >= 0.6 is 0 Å². The second-order valence-electron chi connectivity index (χ2n) is 6.20. The van der Waals surface area contributed by atoms with Crippen LogP contribution in [-0.2, 0) is 5.41 Å². The van der Waals surface area contributed by atoms with Crippen molar-refractivity contribution in [3.63, 3.8) is 0 Å². The smallest absolute Gasteiger partial charge is 0.150 e. The standard InChI is InChI=1S/C18H23NO2/c1-12-7-6-8-16(17(12)19)21-15-10-9-13(20-5)11-14(15)18(2,3)4/h6-11H,19H2,1-5H3. The van der Waals surface area contributed by atoms with Crippen LogP contribution in [0.1, 0.15) is 31.9 Å². The number of hydrogen-bond donors (Lipinski definition) is 1. The lowest BCUT2D eigenvalue weighted by molar-refractivity contribution is 0.407. The summed E-state index contributed by atoms with van der Waals surface area (Å²) in [5.41, 5.74) is 8.82. The third-order valence-corrected chi connectivity index (χ3v) is 3.50. The molecule has 3 heteroatoms. The predicted molar refractivity (Wildman–Crippen MR) is 87.4 cm³/mol. The predicted octanol–water partition coefficient (Wildman–Crippen LogP) is 4.68. The van der Waals surface area contributed by atoms with Crippen LogP contribution in [0.4, 0.5) is 5.69 Å². The molecule has 2 N–H and O–H groups in total. The monoisotopic (exact) mass is 285 g/mol. The molecule has 0 aromatic heterocycles. The average molecular weight is 285 g/mol. The molecule has 21 heavy (non-hydrogen) atoms. The van der Waals surface area contributed by atoms with Gasteiger partial charge in [-0.15, -0.1) is 0 Å². The lowest BCUT2D eigenvalue weighted by Gasteiger charge is -2.24. The Kier molecular flexibility index (Phi) is 4.12. The summed E-state index contributed by atoms with van der Waals surface area (Å²) in [7, 11) is 1.67. The molecule has 0 unspecified atom stereocenters. The molecular formula is C18H23NO2. The minimum Gasteiger partial charge on any atom is -0.497 e. The van der Waals surface area contributed by atoms with Crippen LogP contribution in [0.15, 0.2) is 36.4 Å². The number of anilines is 1. The summed E-state index contributed by atoms with van der Waals surface area (Å²) in [5.74, 6) is 2.32. The lowest BCUT2D eigenvalue weighted by atomic mass is 9.86. The summed E-state index contributed by atoms with van der Waals surface area (Å²) in [6.45, 7) is 8.41. The number of methoxy groups -OCH3 is 1. The number of nitrogen functional groups attached to an aromatic ring is 1. The maximum absolute atomic E-state index is 6.10. The zero-order valence-corrected chi connectivity index (χ0v) is 13.4. The van der Waals surface area contributed by atoms with Crippen molar-refractivity contribution in [1.29, 1.82) is 0 Å². The molecule has 2 aromatic rings. The van der Waals surface area contributed by atoms with Crippen molar-refractivity contribution < 1.29 is 9.47 Å². The molecule has 0 saturated carbocycles. The first-order valence-electron chi connectivity index (χ1n) is 7.04. The van der Waals surface area contributed by atoms with Gasteiger partial charge in [-0.2, -0.15) is 0 Å². The van der Waals surface area contributed by atoms with Crippen molar-refractivity contribution in [3.05, 3.63) is 47.5 Å². The first-order chi connectivity index (χ1) is 9.82. The van der Waals surface area contributed by atoms with Gasteiger partial charge in [-0.25, -0.2) is 0 Å². The summed E-state index contributed by atoms with van der Waals surface area (Å²) in [6.07, 6.45) is 0. The Morgan fingerprint density at radius 2 is 1.71 bits per heavy atom. The van der Waals surface area contributed by atoms with Gasteiger partial charge in [0, 0.05) is 5.56 Å². The van der Waals surface area contributed by atoms with E-state index in [1.165, 1.54) is 0 Å². The van der Waals surface area contributed by atoms with Gasteiger partial charge in [0.1, 0.15) is 11.5 Å². The third kappa shape index (κ3) is 3.30. The Morgan fingerprint density at radius 3 is 2.33 bits per heavy atom. The van der Waals surface area contributed by atoms with Gasteiger partial charge >= 0.3 is 0 Å². The van der Waals surface area contributed by atoms with E-state index in [1.54, 1.807) is 7.11 Å². The topological polar surface area (TPSA) is 44.5 Å². The van der Waals surface area contributed by atoms with E-state index in [0.29, 0.717) is 11.4 Å². The number of ether oxygens (including phenoxy) is 2. The molecule has 112 valence electrons. The minimum absolute atomic E-state index is 0.0531. The van der Waals surface area contributed by atoms with Crippen LogP contribution in [-0.4, -0.2) is 7.11 Å². The Morgan fingerprint density at radius 1 is 1.00 bits per heavy atom. The largest absolute Gasteiger partial charge is 0.497 e. The van der Waals surface area contributed by atoms with Crippen molar-refractivity contribution in [2.75, 3.05) is 12.8 Å².